The molecule has 2 heterocycles. The molecule has 1 aliphatic heterocycles. The SMILES string of the molecule is CC(C)N(C(=O)CN1CCNCC1c1nccn1C)c1ccccc1.Cl. The summed E-state index contributed by atoms with van der Waals surface area (Å²) in [7, 11) is 2.00. The molecule has 0 aliphatic carbocycles. The predicted molar refractivity (Wildman–Crippen MR) is 107 cm³/mol. The Kier molecular flexibility index (Phi) is 7.20. The van der Waals surface area contributed by atoms with Gasteiger partial charge in [0.25, 0.3) is 0 Å². The summed E-state index contributed by atoms with van der Waals surface area (Å²) < 4.78 is 2.03. The highest BCUT2D eigenvalue weighted by Crippen LogP contribution is 2.22. The van der Waals surface area contributed by atoms with Crippen LogP contribution in [0, 0.1) is 0 Å². The quantitative estimate of drug-likeness (QED) is 0.868. The third-order valence-electron chi connectivity index (χ3n) is 4.67. The zero-order valence-corrected chi connectivity index (χ0v) is 16.4. The summed E-state index contributed by atoms with van der Waals surface area (Å²) >= 11 is 0. The average molecular weight is 378 g/mol. The second kappa shape index (κ2) is 9.16. The van der Waals surface area contributed by atoms with Gasteiger partial charge in [-0.05, 0) is 26.0 Å². The van der Waals surface area contributed by atoms with Crippen molar-refractivity contribution in [2.45, 2.75) is 25.9 Å². The average Bonchev–Trinajstić information content (AvgIpc) is 3.02. The highest BCUT2D eigenvalue weighted by molar-refractivity contribution is 5.95. The molecule has 7 heteroatoms. The molecule has 2 aromatic rings. The van der Waals surface area contributed by atoms with Crippen molar-refractivity contribution in [1.29, 1.82) is 0 Å². The number of carbonyl (C=O) groups excluding carboxylic acids is 1. The summed E-state index contributed by atoms with van der Waals surface area (Å²) in [4.78, 5) is 21.7. The summed E-state index contributed by atoms with van der Waals surface area (Å²) in [6, 6.07) is 10.1. The fraction of sp³-hybridized carbons (Fsp3) is 0.474. The van der Waals surface area contributed by atoms with E-state index in [9.17, 15) is 4.79 Å². The lowest BCUT2D eigenvalue weighted by atomic mass is 10.1. The molecule has 1 fully saturated rings. The maximum absolute atomic E-state index is 13.1. The molecule has 1 atom stereocenters. The number of nitrogens with one attached hydrogen (secondary N) is 1. The molecule has 6 nitrogen and oxygen atoms in total. The number of carbonyl (C=O) groups is 1. The van der Waals surface area contributed by atoms with Gasteiger partial charge in [-0.15, -0.1) is 12.4 Å². The zero-order chi connectivity index (χ0) is 17.8. The number of para-hydroxylation sites is 1. The predicted octanol–water partition coefficient (Wildman–Crippen LogP) is 2.23. The van der Waals surface area contributed by atoms with Crippen LogP contribution in [0.2, 0.25) is 0 Å². The highest BCUT2D eigenvalue weighted by Gasteiger charge is 2.30. The van der Waals surface area contributed by atoms with Crippen molar-refractivity contribution in [2.24, 2.45) is 7.05 Å². The van der Waals surface area contributed by atoms with E-state index in [0.717, 1.165) is 31.1 Å². The van der Waals surface area contributed by atoms with Gasteiger partial charge in [-0.25, -0.2) is 4.98 Å². The van der Waals surface area contributed by atoms with Gasteiger partial charge in [-0.2, -0.15) is 0 Å². The third-order valence-corrected chi connectivity index (χ3v) is 4.67. The van der Waals surface area contributed by atoms with Gasteiger partial charge in [-0.3, -0.25) is 9.69 Å². The van der Waals surface area contributed by atoms with E-state index >= 15 is 0 Å². The van der Waals surface area contributed by atoms with Gasteiger partial charge in [0.15, 0.2) is 0 Å². The van der Waals surface area contributed by atoms with Crippen LogP contribution in [0.1, 0.15) is 25.7 Å². The van der Waals surface area contributed by atoms with Gasteiger partial charge in [0, 0.05) is 50.8 Å². The number of anilines is 1. The zero-order valence-electron chi connectivity index (χ0n) is 15.6. The van der Waals surface area contributed by atoms with Gasteiger partial charge in [0.2, 0.25) is 5.91 Å². The van der Waals surface area contributed by atoms with E-state index in [-0.39, 0.29) is 30.4 Å². The Morgan fingerprint density at radius 2 is 2.08 bits per heavy atom. The maximum atomic E-state index is 13.1. The first kappa shape index (κ1) is 20.4. The molecule has 1 N–H and O–H groups in total. The van der Waals surface area contributed by atoms with Crippen LogP contribution in [-0.4, -0.2) is 52.6 Å². The maximum Gasteiger partial charge on any atom is 0.241 e. The van der Waals surface area contributed by atoms with Crippen LogP contribution in [-0.2, 0) is 11.8 Å². The fourth-order valence-electron chi connectivity index (χ4n) is 3.46. The Bertz CT molecular complexity index is 703. The summed E-state index contributed by atoms with van der Waals surface area (Å²) in [5.74, 6) is 1.12. The Labute approximate surface area is 161 Å². The Morgan fingerprint density at radius 3 is 2.69 bits per heavy atom. The van der Waals surface area contributed by atoms with Crippen molar-refractivity contribution in [3.05, 3.63) is 48.5 Å². The van der Waals surface area contributed by atoms with Crippen LogP contribution in [0.3, 0.4) is 0 Å². The van der Waals surface area contributed by atoms with Crippen LogP contribution >= 0.6 is 12.4 Å². The van der Waals surface area contributed by atoms with Crippen molar-refractivity contribution in [1.82, 2.24) is 19.8 Å². The molecule has 1 aliphatic rings. The number of hydrogen-bond acceptors (Lipinski definition) is 4. The first-order chi connectivity index (χ1) is 12.1. The standard InChI is InChI=1S/C19H27N5O.ClH/c1-15(2)24(16-7-5-4-6-8-16)18(25)14-23-12-9-20-13-17(23)19-21-10-11-22(19)3;/h4-8,10-11,15,17,20H,9,12-14H2,1-3H3;1H. The number of nitrogens with zero attached hydrogens (tertiary/aromatic N) is 4. The van der Waals surface area contributed by atoms with Gasteiger partial charge < -0.3 is 14.8 Å². The molecule has 1 unspecified atom stereocenters. The number of hydrogen-bond donors (Lipinski definition) is 1. The third kappa shape index (κ3) is 4.44. The van der Waals surface area contributed by atoms with E-state index in [1.165, 1.54) is 0 Å². The number of halogens is 1. The summed E-state index contributed by atoms with van der Waals surface area (Å²) in [5.41, 5.74) is 0.950. The van der Waals surface area contributed by atoms with E-state index in [4.69, 9.17) is 0 Å². The van der Waals surface area contributed by atoms with Crippen molar-refractivity contribution < 1.29 is 4.79 Å². The number of aryl methyl sites for hydroxylation is 1. The summed E-state index contributed by atoms with van der Waals surface area (Å²) in [6.45, 7) is 7.04. The van der Waals surface area contributed by atoms with Crippen molar-refractivity contribution in [3.8, 4) is 0 Å². The lowest BCUT2D eigenvalue weighted by Crippen LogP contribution is -2.51. The van der Waals surface area contributed by atoms with Crippen molar-refractivity contribution >= 4 is 24.0 Å². The van der Waals surface area contributed by atoms with E-state index in [0.29, 0.717) is 6.54 Å². The minimum Gasteiger partial charge on any atom is -0.337 e. The Hall–Kier alpha value is -1.89. The van der Waals surface area contributed by atoms with Crippen LogP contribution in [0.15, 0.2) is 42.7 Å². The summed E-state index contributed by atoms with van der Waals surface area (Å²) in [6.07, 6.45) is 3.77. The van der Waals surface area contributed by atoms with Crippen molar-refractivity contribution in [3.63, 3.8) is 0 Å². The number of aromatic nitrogens is 2. The molecule has 0 saturated carbocycles. The minimum absolute atomic E-state index is 0. The lowest BCUT2D eigenvalue weighted by molar-refractivity contribution is -0.121. The monoisotopic (exact) mass is 377 g/mol. The molecule has 3 rings (SSSR count). The van der Waals surface area contributed by atoms with E-state index < -0.39 is 0 Å². The smallest absolute Gasteiger partial charge is 0.241 e. The van der Waals surface area contributed by atoms with Crippen LogP contribution in [0.4, 0.5) is 5.69 Å². The van der Waals surface area contributed by atoms with Crippen LogP contribution < -0.4 is 10.2 Å². The molecular formula is C19H28ClN5O. The number of rotatable bonds is 5. The number of amides is 1. The molecule has 0 bridgehead atoms. The number of imidazole rings is 1. The lowest BCUT2D eigenvalue weighted by Gasteiger charge is -2.37. The molecule has 1 aromatic heterocycles. The molecule has 0 spiro atoms. The second-order valence-corrected chi connectivity index (χ2v) is 6.78. The summed E-state index contributed by atoms with van der Waals surface area (Å²) in [5, 5.41) is 3.42. The van der Waals surface area contributed by atoms with E-state index in [1.807, 2.05) is 59.2 Å². The molecule has 142 valence electrons. The van der Waals surface area contributed by atoms with Gasteiger partial charge >= 0.3 is 0 Å². The van der Waals surface area contributed by atoms with Crippen LogP contribution in [0.5, 0.6) is 0 Å². The van der Waals surface area contributed by atoms with E-state index in [2.05, 4.69) is 29.0 Å². The number of benzene rings is 1. The normalized spacial score (nSPS) is 17.8. The first-order valence-corrected chi connectivity index (χ1v) is 8.87. The molecular weight excluding hydrogens is 350 g/mol. The van der Waals surface area contributed by atoms with E-state index in [1.54, 1.807) is 0 Å². The Balaban J connectivity index is 0.00000243. The largest absolute Gasteiger partial charge is 0.337 e. The molecule has 1 aromatic carbocycles. The van der Waals surface area contributed by atoms with Gasteiger partial charge in [0.1, 0.15) is 5.82 Å². The Morgan fingerprint density at radius 1 is 1.35 bits per heavy atom. The second-order valence-electron chi connectivity index (χ2n) is 6.78. The highest BCUT2D eigenvalue weighted by atomic mass is 35.5. The minimum atomic E-state index is 0. The molecule has 26 heavy (non-hydrogen) atoms. The molecule has 1 amide bonds. The molecule has 1 saturated heterocycles. The number of piperazine rings is 1. The molecule has 0 radical (unpaired) electrons. The van der Waals surface area contributed by atoms with Gasteiger partial charge in [0.05, 0.1) is 12.6 Å². The van der Waals surface area contributed by atoms with Crippen LogP contribution in [0.25, 0.3) is 0 Å². The first-order valence-electron chi connectivity index (χ1n) is 8.87. The van der Waals surface area contributed by atoms with Gasteiger partial charge in [-0.1, -0.05) is 18.2 Å². The topological polar surface area (TPSA) is 53.4 Å². The fourth-order valence-corrected chi connectivity index (χ4v) is 3.46. The van der Waals surface area contributed by atoms with Crippen molar-refractivity contribution in [2.75, 3.05) is 31.1 Å².